The molecule has 1 amide bonds. The van der Waals surface area contributed by atoms with Gasteiger partial charge in [-0.2, -0.15) is 0 Å². The van der Waals surface area contributed by atoms with Crippen LogP contribution in [0.2, 0.25) is 0 Å². The maximum atomic E-state index is 13.0. The van der Waals surface area contributed by atoms with Crippen molar-refractivity contribution in [1.82, 2.24) is 5.32 Å². The SMILES string of the molecule is CCC(NC(=O)COC(=O)c1cccc2c(=O)c(C)c(-c3ccccc3)oc12)c1ccc(C)cc1. The molecule has 0 spiro atoms. The fourth-order valence-electron chi connectivity index (χ4n) is 4.00. The summed E-state index contributed by atoms with van der Waals surface area (Å²) in [5.74, 6) is -0.751. The number of esters is 1. The van der Waals surface area contributed by atoms with E-state index < -0.39 is 18.5 Å². The van der Waals surface area contributed by atoms with E-state index in [1.807, 2.05) is 68.4 Å². The van der Waals surface area contributed by atoms with E-state index in [2.05, 4.69) is 5.32 Å². The molecule has 1 atom stereocenters. The molecule has 0 fully saturated rings. The Labute approximate surface area is 203 Å². The first kappa shape index (κ1) is 24.0. The van der Waals surface area contributed by atoms with Crippen LogP contribution < -0.4 is 10.7 Å². The summed E-state index contributed by atoms with van der Waals surface area (Å²) in [4.78, 5) is 38.4. The van der Waals surface area contributed by atoms with Gasteiger partial charge in [0.1, 0.15) is 11.3 Å². The van der Waals surface area contributed by atoms with Crippen LogP contribution in [-0.4, -0.2) is 18.5 Å². The van der Waals surface area contributed by atoms with Crippen molar-refractivity contribution in [2.24, 2.45) is 0 Å². The van der Waals surface area contributed by atoms with Crippen molar-refractivity contribution in [3.8, 4) is 11.3 Å². The second kappa shape index (κ2) is 10.4. The minimum Gasteiger partial charge on any atom is -0.455 e. The van der Waals surface area contributed by atoms with Crippen LogP contribution in [0.25, 0.3) is 22.3 Å². The number of fused-ring (bicyclic) bond motifs is 1. The Hall–Kier alpha value is -4.19. The van der Waals surface area contributed by atoms with Gasteiger partial charge in [-0.25, -0.2) is 4.79 Å². The molecule has 1 N–H and O–H groups in total. The van der Waals surface area contributed by atoms with Gasteiger partial charge in [0.15, 0.2) is 17.6 Å². The lowest BCUT2D eigenvalue weighted by Crippen LogP contribution is -2.32. The quantitative estimate of drug-likeness (QED) is 0.361. The molecule has 4 rings (SSSR count). The fraction of sp³-hybridized carbons (Fsp3) is 0.207. The monoisotopic (exact) mass is 469 g/mol. The van der Waals surface area contributed by atoms with Gasteiger partial charge in [0.25, 0.3) is 5.91 Å². The maximum absolute atomic E-state index is 13.0. The molecular formula is C29H27NO5. The highest BCUT2D eigenvalue weighted by molar-refractivity contribution is 6.02. The van der Waals surface area contributed by atoms with E-state index in [0.717, 1.165) is 16.7 Å². The fourth-order valence-corrected chi connectivity index (χ4v) is 4.00. The lowest BCUT2D eigenvalue weighted by Gasteiger charge is -2.18. The van der Waals surface area contributed by atoms with Crippen LogP contribution in [0.15, 0.2) is 82.0 Å². The zero-order chi connectivity index (χ0) is 24.9. The van der Waals surface area contributed by atoms with Gasteiger partial charge < -0.3 is 14.5 Å². The second-order valence-electron chi connectivity index (χ2n) is 8.45. The van der Waals surface area contributed by atoms with Gasteiger partial charge in [-0.3, -0.25) is 9.59 Å². The zero-order valence-corrected chi connectivity index (χ0v) is 20.0. The van der Waals surface area contributed by atoms with Crippen molar-refractivity contribution in [1.29, 1.82) is 0 Å². The van der Waals surface area contributed by atoms with Crippen LogP contribution in [0.1, 0.15) is 46.4 Å². The molecule has 0 bridgehead atoms. The predicted octanol–water partition coefficient (Wildman–Crippen LogP) is 5.50. The number of para-hydroxylation sites is 1. The molecule has 6 nitrogen and oxygen atoms in total. The molecule has 178 valence electrons. The number of nitrogens with one attached hydrogen (secondary N) is 1. The summed E-state index contributed by atoms with van der Waals surface area (Å²) >= 11 is 0. The molecule has 1 aromatic heterocycles. The molecule has 35 heavy (non-hydrogen) atoms. The molecule has 6 heteroatoms. The number of amides is 1. The molecule has 1 heterocycles. The van der Waals surface area contributed by atoms with Gasteiger partial charge >= 0.3 is 5.97 Å². The number of rotatable bonds is 7. The highest BCUT2D eigenvalue weighted by Gasteiger charge is 2.20. The standard InChI is InChI=1S/C29H27NO5/c1-4-24(20-15-13-18(2)14-16-20)30-25(31)17-34-29(33)23-12-8-11-22-26(32)19(3)27(35-28(22)23)21-9-6-5-7-10-21/h5-16,24H,4,17H2,1-3H3,(H,30,31). The van der Waals surface area contributed by atoms with Crippen LogP contribution in [0.4, 0.5) is 0 Å². The molecule has 0 aliphatic rings. The van der Waals surface area contributed by atoms with Gasteiger partial charge in [0.05, 0.1) is 11.4 Å². The molecule has 4 aromatic rings. The van der Waals surface area contributed by atoms with Crippen LogP contribution in [-0.2, 0) is 9.53 Å². The highest BCUT2D eigenvalue weighted by Crippen LogP contribution is 2.27. The number of carbonyl (C=O) groups excluding carboxylic acids is 2. The molecule has 0 aliphatic carbocycles. The third-order valence-electron chi connectivity index (χ3n) is 5.96. The smallest absolute Gasteiger partial charge is 0.342 e. The topological polar surface area (TPSA) is 85.6 Å². The lowest BCUT2D eigenvalue weighted by atomic mass is 10.0. The average molecular weight is 470 g/mol. The minimum atomic E-state index is -0.736. The Bertz CT molecular complexity index is 1420. The summed E-state index contributed by atoms with van der Waals surface area (Å²) in [6, 6.07) is 21.7. The van der Waals surface area contributed by atoms with Gasteiger partial charge in [-0.1, -0.05) is 73.2 Å². The Kier molecular flexibility index (Phi) is 7.11. The summed E-state index contributed by atoms with van der Waals surface area (Å²) in [6.07, 6.45) is 0.693. The molecule has 0 radical (unpaired) electrons. The van der Waals surface area contributed by atoms with Crippen LogP contribution >= 0.6 is 0 Å². The number of hydrogen-bond donors (Lipinski definition) is 1. The van der Waals surface area contributed by atoms with Gasteiger partial charge in [0.2, 0.25) is 0 Å². The van der Waals surface area contributed by atoms with Crippen molar-refractivity contribution in [3.05, 3.63) is 105 Å². The van der Waals surface area contributed by atoms with E-state index in [-0.39, 0.29) is 28.0 Å². The van der Waals surface area contributed by atoms with E-state index in [1.54, 1.807) is 19.1 Å². The molecule has 0 saturated heterocycles. The second-order valence-corrected chi connectivity index (χ2v) is 8.45. The Morgan fingerprint density at radius 1 is 0.943 bits per heavy atom. The third kappa shape index (κ3) is 5.17. The van der Waals surface area contributed by atoms with Crippen LogP contribution in [0.5, 0.6) is 0 Å². The van der Waals surface area contributed by atoms with Crippen molar-refractivity contribution in [2.45, 2.75) is 33.2 Å². The van der Waals surface area contributed by atoms with E-state index in [9.17, 15) is 14.4 Å². The van der Waals surface area contributed by atoms with Gasteiger partial charge in [-0.15, -0.1) is 0 Å². The third-order valence-corrected chi connectivity index (χ3v) is 5.96. The van der Waals surface area contributed by atoms with E-state index in [0.29, 0.717) is 17.7 Å². The Morgan fingerprint density at radius 2 is 1.66 bits per heavy atom. The van der Waals surface area contributed by atoms with Gasteiger partial charge in [0, 0.05) is 11.1 Å². The lowest BCUT2D eigenvalue weighted by molar-refractivity contribution is -0.125. The van der Waals surface area contributed by atoms with Crippen LogP contribution in [0, 0.1) is 13.8 Å². The first-order valence-corrected chi connectivity index (χ1v) is 11.5. The van der Waals surface area contributed by atoms with Crippen molar-refractivity contribution in [3.63, 3.8) is 0 Å². The summed E-state index contributed by atoms with van der Waals surface area (Å²) < 4.78 is 11.4. The maximum Gasteiger partial charge on any atom is 0.342 e. The molecular weight excluding hydrogens is 442 g/mol. The van der Waals surface area contributed by atoms with E-state index >= 15 is 0 Å². The minimum absolute atomic E-state index is 0.0927. The number of benzene rings is 3. The zero-order valence-electron chi connectivity index (χ0n) is 20.0. The summed E-state index contributed by atoms with van der Waals surface area (Å²) in [7, 11) is 0. The molecule has 1 unspecified atom stereocenters. The van der Waals surface area contributed by atoms with E-state index in [4.69, 9.17) is 9.15 Å². The molecule has 0 aliphatic heterocycles. The van der Waals surface area contributed by atoms with E-state index in [1.165, 1.54) is 6.07 Å². The number of carbonyl (C=O) groups is 2. The number of hydrogen-bond acceptors (Lipinski definition) is 5. The molecule has 0 saturated carbocycles. The van der Waals surface area contributed by atoms with Gasteiger partial charge in [-0.05, 0) is 38.0 Å². The summed E-state index contributed by atoms with van der Waals surface area (Å²) in [6.45, 7) is 5.23. The first-order valence-electron chi connectivity index (χ1n) is 11.5. The van der Waals surface area contributed by atoms with Crippen molar-refractivity contribution >= 4 is 22.8 Å². The number of ether oxygens (including phenoxy) is 1. The van der Waals surface area contributed by atoms with Crippen molar-refractivity contribution in [2.75, 3.05) is 6.61 Å². The average Bonchev–Trinajstić information content (AvgIpc) is 2.88. The normalized spacial score (nSPS) is 11.7. The first-order chi connectivity index (χ1) is 16.9. The largest absolute Gasteiger partial charge is 0.455 e. The molecule has 3 aromatic carbocycles. The highest BCUT2D eigenvalue weighted by atomic mass is 16.5. The Morgan fingerprint density at radius 3 is 2.34 bits per heavy atom. The predicted molar refractivity (Wildman–Crippen MR) is 135 cm³/mol. The van der Waals surface area contributed by atoms with Crippen molar-refractivity contribution < 1.29 is 18.7 Å². The number of aryl methyl sites for hydroxylation is 1. The summed E-state index contributed by atoms with van der Waals surface area (Å²) in [5.41, 5.74) is 3.31. The summed E-state index contributed by atoms with van der Waals surface area (Å²) in [5, 5.41) is 3.19. The Balaban J connectivity index is 1.55. The van der Waals surface area contributed by atoms with Crippen LogP contribution in [0.3, 0.4) is 0 Å².